The van der Waals surface area contributed by atoms with Gasteiger partial charge in [0.1, 0.15) is 17.7 Å². The maximum absolute atomic E-state index is 9.92. The summed E-state index contributed by atoms with van der Waals surface area (Å²) < 4.78 is 1.99. The molecule has 0 aromatic carbocycles. The van der Waals surface area contributed by atoms with Crippen LogP contribution in [0.4, 0.5) is 0 Å². The molecule has 3 unspecified atom stereocenters. The highest BCUT2D eigenvalue weighted by atomic mass is 35.5. The van der Waals surface area contributed by atoms with Gasteiger partial charge in [-0.3, -0.25) is 0 Å². The molecule has 2 heterocycles. The van der Waals surface area contributed by atoms with Crippen molar-refractivity contribution in [2.45, 2.75) is 31.9 Å². The summed E-state index contributed by atoms with van der Waals surface area (Å²) in [4.78, 5) is 12.6. The molecule has 0 radical (unpaired) electrons. The number of nitrogens with zero attached hydrogens (tertiary/aromatic N) is 4. The van der Waals surface area contributed by atoms with Gasteiger partial charge < -0.3 is 14.8 Å². The second-order valence-corrected chi connectivity index (χ2v) is 5.36. The maximum atomic E-state index is 9.92. The van der Waals surface area contributed by atoms with E-state index in [1.165, 1.54) is 6.33 Å². The predicted molar refractivity (Wildman–Crippen MR) is 69.9 cm³/mol. The highest BCUT2D eigenvalue weighted by Crippen LogP contribution is 2.37. The summed E-state index contributed by atoms with van der Waals surface area (Å²) in [5.74, 6) is 0.715. The molecular formula is C12H15ClN4O2. The first-order valence-electron chi connectivity index (χ1n) is 6.25. The molecule has 6 nitrogen and oxygen atoms in total. The normalized spacial score (nSPS) is 27.3. The van der Waals surface area contributed by atoms with Gasteiger partial charge in [0.05, 0.1) is 6.10 Å². The Morgan fingerprint density at radius 3 is 2.89 bits per heavy atom. The molecule has 0 bridgehead atoms. The van der Waals surface area contributed by atoms with Gasteiger partial charge in [0.15, 0.2) is 10.8 Å². The lowest BCUT2D eigenvalue weighted by Crippen LogP contribution is -2.16. The summed E-state index contributed by atoms with van der Waals surface area (Å²) in [5.41, 5.74) is 1.27. The van der Waals surface area contributed by atoms with Crippen molar-refractivity contribution in [3.05, 3.63) is 17.3 Å². The van der Waals surface area contributed by atoms with Crippen LogP contribution >= 0.6 is 11.6 Å². The van der Waals surface area contributed by atoms with Gasteiger partial charge in [-0.25, -0.2) is 15.0 Å². The van der Waals surface area contributed by atoms with Gasteiger partial charge in [0.25, 0.3) is 0 Å². The Kier molecular flexibility index (Phi) is 3.16. The fourth-order valence-electron chi connectivity index (χ4n) is 2.91. The Balaban J connectivity index is 2.06. The molecule has 0 amide bonds. The number of imidazole rings is 1. The van der Waals surface area contributed by atoms with Gasteiger partial charge >= 0.3 is 0 Å². The van der Waals surface area contributed by atoms with Crippen LogP contribution in [-0.4, -0.2) is 42.4 Å². The minimum absolute atomic E-state index is 0.000908. The van der Waals surface area contributed by atoms with Crippen LogP contribution in [0.15, 0.2) is 6.33 Å². The summed E-state index contributed by atoms with van der Waals surface area (Å²) in [5, 5.41) is 19.5. The first-order valence-corrected chi connectivity index (χ1v) is 6.63. The van der Waals surface area contributed by atoms with Crippen molar-refractivity contribution >= 4 is 22.8 Å². The zero-order valence-corrected chi connectivity index (χ0v) is 11.2. The average molecular weight is 283 g/mol. The second-order valence-electron chi connectivity index (χ2n) is 5.00. The van der Waals surface area contributed by atoms with E-state index in [0.29, 0.717) is 29.2 Å². The Hall–Kier alpha value is -1.24. The second kappa shape index (κ2) is 4.70. The summed E-state index contributed by atoms with van der Waals surface area (Å²) in [6, 6.07) is 0.0862. The fourth-order valence-corrected chi connectivity index (χ4v) is 3.08. The highest BCUT2D eigenvalue weighted by molar-refractivity contribution is 6.33. The lowest BCUT2D eigenvalue weighted by atomic mass is 10.1. The number of aromatic nitrogens is 4. The van der Waals surface area contributed by atoms with Crippen molar-refractivity contribution in [1.29, 1.82) is 0 Å². The molecule has 1 aliphatic carbocycles. The molecule has 1 aliphatic rings. The van der Waals surface area contributed by atoms with Gasteiger partial charge in [-0.05, 0) is 19.8 Å². The third-order valence-corrected chi connectivity index (χ3v) is 4.12. The van der Waals surface area contributed by atoms with Gasteiger partial charge in [-0.1, -0.05) is 11.6 Å². The van der Waals surface area contributed by atoms with E-state index in [9.17, 15) is 10.2 Å². The summed E-state index contributed by atoms with van der Waals surface area (Å²) in [6.45, 7) is 1.88. The predicted octanol–water partition coefficient (Wildman–Crippen LogP) is 1.09. The summed E-state index contributed by atoms with van der Waals surface area (Å²) in [6.07, 6.45) is 2.24. The van der Waals surface area contributed by atoms with Crippen LogP contribution < -0.4 is 0 Å². The quantitative estimate of drug-likeness (QED) is 0.806. The zero-order chi connectivity index (χ0) is 13.6. The number of aryl methyl sites for hydroxylation is 1. The molecule has 1 fully saturated rings. The molecule has 3 rings (SSSR count). The van der Waals surface area contributed by atoms with Crippen LogP contribution in [0.25, 0.3) is 11.2 Å². The van der Waals surface area contributed by atoms with E-state index >= 15 is 0 Å². The minimum Gasteiger partial charge on any atom is -0.396 e. The molecule has 3 atom stereocenters. The van der Waals surface area contributed by atoms with E-state index in [1.807, 2.05) is 11.5 Å². The number of halogens is 1. The van der Waals surface area contributed by atoms with Gasteiger partial charge in [-0.15, -0.1) is 0 Å². The number of aliphatic hydroxyl groups is 2. The zero-order valence-electron chi connectivity index (χ0n) is 10.5. The number of hydrogen-bond donors (Lipinski definition) is 2. The van der Waals surface area contributed by atoms with E-state index < -0.39 is 6.10 Å². The van der Waals surface area contributed by atoms with Gasteiger partial charge in [0, 0.05) is 18.6 Å². The van der Waals surface area contributed by atoms with Crippen LogP contribution in [0.2, 0.25) is 5.15 Å². The molecular weight excluding hydrogens is 268 g/mol. The Labute approximate surface area is 115 Å². The molecule has 102 valence electrons. The van der Waals surface area contributed by atoms with Crippen molar-refractivity contribution < 1.29 is 10.2 Å². The van der Waals surface area contributed by atoms with E-state index in [0.717, 1.165) is 5.82 Å². The van der Waals surface area contributed by atoms with E-state index in [1.54, 1.807) is 0 Å². The van der Waals surface area contributed by atoms with Gasteiger partial charge in [-0.2, -0.15) is 0 Å². The first kappa shape index (κ1) is 12.8. The van der Waals surface area contributed by atoms with Crippen molar-refractivity contribution in [2.75, 3.05) is 6.61 Å². The molecule has 19 heavy (non-hydrogen) atoms. The van der Waals surface area contributed by atoms with Crippen LogP contribution in [0.3, 0.4) is 0 Å². The van der Waals surface area contributed by atoms with Crippen LogP contribution in [0.5, 0.6) is 0 Å². The van der Waals surface area contributed by atoms with Crippen molar-refractivity contribution in [3.8, 4) is 0 Å². The third kappa shape index (κ3) is 2.00. The molecule has 0 saturated heterocycles. The molecule has 0 aliphatic heterocycles. The highest BCUT2D eigenvalue weighted by Gasteiger charge is 2.35. The molecule has 0 spiro atoms. The topological polar surface area (TPSA) is 84.1 Å². The Bertz CT molecular complexity index is 615. The number of aliphatic hydroxyl groups excluding tert-OH is 2. The first-order chi connectivity index (χ1) is 9.11. The van der Waals surface area contributed by atoms with Crippen molar-refractivity contribution in [2.24, 2.45) is 5.92 Å². The average Bonchev–Trinajstić information content (AvgIpc) is 2.90. The van der Waals surface area contributed by atoms with Crippen LogP contribution in [0.1, 0.15) is 24.7 Å². The minimum atomic E-state index is -0.482. The van der Waals surface area contributed by atoms with E-state index in [2.05, 4.69) is 15.0 Å². The monoisotopic (exact) mass is 282 g/mol. The van der Waals surface area contributed by atoms with Crippen molar-refractivity contribution in [3.63, 3.8) is 0 Å². The molecule has 7 heteroatoms. The lowest BCUT2D eigenvalue weighted by molar-refractivity contribution is 0.0906. The van der Waals surface area contributed by atoms with E-state index in [4.69, 9.17) is 11.6 Å². The number of rotatable bonds is 2. The molecule has 2 aromatic rings. The van der Waals surface area contributed by atoms with Crippen LogP contribution in [0, 0.1) is 12.8 Å². The maximum Gasteiger partial charge on any atom is 0.165 e. The Morgan fingerprint density at radius 2 is 2.21 bits per heavy atom. The smallest absolute Gasteiger partial charge is 0.165 e. The number of fused-ring (bicyclic) bond motifs is 1. The standard InChI is InChI=1S/C12H15ClN4O2/c1-6-16-10-11(13)14-5-15-12(10)17(6)8-2-7(4-18)9(19)3-8/h5,7-9,18-19H,2-4H2,1H3. The van der Waals surface area contributed by atoms with E-state index in [-0.39, 0.29) is 18.6 Å². The number of hydrogen-bond acceptors (Lipinski definition) is 5. The Morgan fingerprint density at radius 1 is 1.42 bits per heavy atom. The summed E-state index contributed by atoms with van der Waals surface area (Å²) in [7, 11) is 0. The van der Waals surface area contributed by atoms with Crippen LogP contribution in [-0.2, 0) is 0 Å². The lowest BCUT2D eigenvalue weighted by Gasteiger charge is -2.14. The van der Waals surface area contributed by atoms with Crippen molar-refractivity contribution in [1.82, 2.24) is 19.5 Å². The SMILES string of the molecule is Cc1nc2c(Cl)ncnc2n1C1CC(O)C(CO)C1. The third-order valence-electron chi connectivity index (χ3n) is 3.84. The molecule has 2 N–H and O–H groups in total. The fraction of sp³-hybridized carbons (Fsp3) is 0.583. The van der Waals surface area contributed by atoms with Gasteiger partial charge in [0.2, 0.25) is 0 Å². The molecule has 1 saturated carbocycles. The largest absolute Gasteiger partial charge is 0.396 e. The summed E-state index contributed by atoms with van der Waals surface area (Å²) >= 11 is 6.02. The molecule has 2 aromatic heterocycles.